The molecule has 0 saturated carbocycles. The van der Waals surface area contributed by atoms with Gasteiger partial charge in [-0.1, -0.05) is 59.7 Å². The number of hydrogen-bond donors (Lipinski definition) is 1. The number of carbonyl (C=O) groups excluding carboxylic acids is 2. The van der Waals surface area contributed by atoms with Crippen LogP contribution in [0.3, 0.4) is 0 Å². The molecule has 0 aliphatic heterocycles. The van der Waals surface area contributed by atoms with Gasteiger partial charge in [0, 0.05) is 6.54 Å². The Labute approximate surface area is 206 Å². The molecule has 8 heteroatoms. The summed E-state index contributed by atoms with van der Waals surface area (Å²) in [6, 6.07) is 17.5. The van der Waals surface area contributed by atoms with Gasteiger partial charge >= 0.3 is 5.97 Å². The largest absolute Gasteiger partial charge is 0.465 e. The quantitative estimate of drug-likeness (QED) is 0.464. The summed E-state index contributed by atoms with van der Waals surface area (Å²) in [5, 5.41) is 2.67. The maximum atomic E-state index is 13.8. The first kappa shape index (κ1) is 26.1. The Hall–Kier alpha value is -3.49. The number of para-hydroxylation sites is 1. The zero-order valence-electron chi connectivity index (χ0n) is 20.6. The van der Waals surface area contributed by atoms with E-state index in [0.29, 0.717) is 11.1 Å². The van der Waals surface area contributed by atoms with Crippen LogP contribution in [0, 0.1) is 27.7 Å². The average Bonchev–Trinajstić information content (AvgIpc) is 2.79. The van der Waals surface area contributed by atoms with Gasteiger partial charge in [0.1, 0.15) is 0 Å². The highest BCUT2D eigenvalue weighted by Crippen LogP contribution is 2.27. The highest BCUT2D eigenvalue weighted by atomic mass is 32.2. The van der Waals surface area contributed by atoms with E-state index in [-0.39, 0.29) is 22.7 Å². The van der Waals surface area contributed by atoms with Crippen LogP contribution >= 0.6 is 0 Å². The summed E-state index contributed by atoms with van der Waals surface area (Å²) < 4.78 is 33.6. The van der Waals surface area contributed by atoms with E-state index in [1.807, 2.05) is 50.2 Å². The van der Waals surface area contributed by atoms with Crippen LogP contribution in [0.15, 0.2) is 65.6 Å². The van der Waals surface area contributed by atoms with Crippen molar-refractivity contribution in [3.63, 3.8) is 0 Å². The van der Waals surface area contributed by atoms with Crippen molar-refractivity contribution in [2.24, 2.45) is 0 Å². The Morgan fingerprint density at radius 2 is 1.49 bits per heavy atom. The van der Waals surface area contributed by atoms with E-state index in [4.69, 9.17) is 4.74 Å². The number of nitrogens with one attached hydrogen (secondary N) is 1. The van der Waals surface area contributed by atoms with Crippen LogP contribution < -0.4 is 5.32 Å². The second-order valence-electron chi connectivity index (χ2n) is 8.57. The number of nitrogens with zero attached hydrogens (tertiary/aromatic N) is 1. The topological polar surface area (TPSA) is 92.8 Å². The molecule has 0 saturated heterocycles. The molecule has 1 N–H and O–H groups in total. The molecule has 0 spiro atoms. The number of benzene rings is 3. The fraction of sp³-hybridized carbons (Fsp3) is 0.259. The first-order valence-electron chi connectivity index (χ1n) is 11.1. The lowest BCUT2D eigenvalue weighted by Crippen LogP contribution is -2.38. The molecule has 0 atom stereocenters. The van der Waals surface area contributed by atoms with Gasteiger partial charge in [-0.05, 0) is 56.5 Å². The van der Waals surface area contributed by atoms with Gasteiger partial charge < -0.3 is 10.1 Å². The number of esters is 1. The average molecular weight is 495 g/mol. The number of amides is 1. The Morgan fingerprint density at radius 3 is 2.09 bits per heavy atom. The van der Waals surface area contributed by atoms with Crippen LogP contribution in [-0.4, -0.2) is 38.3 Å². The number of ether oxygens (including phenoxy) is 1. The van der Waals surface area contributed by atoms with Gasteiger partial charge in [0.25, 0.3) is 0 Å². The molecule has 0 aliphatic carbocycles. The molecule has 0 unspecified atom stereocenters. The second-order valence-corrected chi connectivity index (χ2v) is 10.4. The standard InChI is InChI=1S/C27H30N2O5S/c1-18-10-12-22(13-11-18)16-29(35(32,33)26-20(3)14-19(2)15-21(26)4)17-25(30)28-24-9-7-6-8-23(24)27(31)34-5/h6-15H,16-17H2,1-5H3,(H,28,30). The number of sulfonamides is 1. The molecule has 184 valence electrons. The molecular weight excluding hydrogens is 464 g/mol. The molecule has 0 bridgehead atoms. The van der Waals surface area contributed by atoms with E-state index >= 15 is 0 Å². The molecule has 3 aromatic rings. The lowest BCUT2D eigenvalue weighted by atomic mass is 10.1. The molecule has 35 heavy (non-hydrogen) atoms. The normalized spacial score (nSPS) is 11.4. The summed E-state index contributed by atoms with van der Waals surface area (Å²) in [7, 11) is -2.77. The number of hydrogen-bond acceptors (Lipinski definition) is 5. The summed E-state index contributed by atoms with van der Waals surface area (Å²) in [5.41, 5.74) is 4.43. The Bertz CT molecular complexity index is 1330. The minimum atomic E-state index is -4.03. The number of anilines is 1. The van der Waals surface area contributed by atoms with Crippen molar-refractivity contribution >= 4 is 27.6 Å². The van der Waals surface area contributed by atoms with Crippen molar-refractivity contribution in [1.29, 1.82) is 0 Å². The number of carbonyl (C=O) groups is 2. The van der Waals surface area contributed by atoms with Gasteiger partial charge in [-0.25, -0.2) is 13.2 Å². The van der Waals surface area contributed by atoms with E-state index in [1.165, 1.54) is 17.5 Å². The van der Waals surface area contributed by atoms with Crippen LogP contribution in [0.1, 0.15) is 38.2 Å². The van der Waals surface area contributed by atoms with Crippen LogP contribution in [-0.2, 0) is 26.1 Å². The third-order valence-corrected chi connectivity index (χ3v) is 7.71. The van der Waals surface area contributed by atoms with Gasteiger partial charge in [-0.15, -0.1) is 0 Å². The van der Waals surface area contributed by atoms with Crippen molar-refractivity contribution in [1.82, 2.24) is 4.31 Å². The van der Waals surface area contributed by atoms with Crippen molar-refractivity contribution < 1.29 is 22.7 Å². The summed E-state index contributed by atoms with van der Waals surface area (Å²) in [6.45, 7) is 6.95. The van der Waals surface area contributed by atoms with E-state index in [9.17, 15) is 18.0 Å². The Kier molecular flexibility index (Phi) is 8.09. The zero-order valence-corrected chi connectivity index (χ0v) is 21.4. The van der Waals surface area contributed by atoms with Crippen molar-refractivity contribution in [2.45, 2.75) is 39.1 Å². The van der Waals surface area contributed by atoms with Gasteiger partial charge in [0.05, 0.1) is 29.8 Å². The molecule has 0 heterocycles. The fourth-order valence-electron chi connectivity index (χ4n) is 4.06. The van der Waals surface area contributed by atoms with Crippen LogP contribution in [0.5, 0.6) is 0 Å². The monoisotopic (exact) mass is 494 g/mol. The summed E-state index contributed by atoms with van der Waals surface area (Å²) in [6.07, 6.45) is 0. The van der Waals surface area contributed by atoms with Crippen LogP contribution in [0.2, 0.25) is 0 Å². The van der Waals surface area contributed by atoms with Gasteiger partial charge in [0.2, 0.25) is 15.9 Å². The predicted octanol–water partition coefficient (Wildman–Crippen LogP) is 4.54. The third-order valence-electron chi connectivity index (χ3n) is 5.61. The van der Waals surface area contributed by atoms with E-state index in [2.05, 4.69) is 5.32 Å². The van der Waals surface area contributed by atoms with Crippen LogP contribution in [0.25, 0.3) is 0 Å². The summed E-state index contributed by atoms with van der Waals surface area (Å²) >= 11 is 0. The molecule has 0 aromatic heterocycles. The maximum Gasteiger partial charge on any atom is 0.339 e. The summed E-state index contributed by atoms with van der Waals surface area (Å²) in [4.78, 5) is 25.3. The SMILES string of the molecule is COC(=O)c1ccccc1NC(=O)CN(Cc1ccc(C)cc1)S(=O)(=O)c1c(C)cc(C)cc1C. The molecule has 0 radical (unpaired) electrons. The number of rotatable bonds is 8. The zero-order chi connectivity index (χ0) is 25.8. The highest BCUT2D eigenvalue weighted by molar-refractivity contribution is 7.89. The molecule has 0 fully saturated rings. The molecule has 3 aromatic carbocycles. The van der Waals surface area contributed by atoms with E-state index in [0.717, 1.165) is 16.7 Å². The highest BCUT2D eigenvalue weighted by Gasteiger charge is 2.30. The Balaban J connectivity index is 1.98. The Morgan fingerprint density at radius 1 is 0.886 bits per heavy atom. The van der Waals surface area contributed by atoms with Gasteiger partial charge in [-0.3, -0.25) is 4.79 Å². The first-order valence-corrected chi connectivity index (χ1v) is 12.6. The second kappa shape index (κ2) is 10.8. The predicted molar refractivity (Wildman–Crippen MR) is 136 cm³/mol. The minimum Gasteiger partial charge on any atom is -0.465 e. The lowest BCUT2D eigenvalue weighted by molar-refractivity contribution is -0.116. The third kappa shape index (κ3) is 6.15. The van der Waals surface area contributed by atoms with Crippen molar-refractivity contribution in [3.8, 4) is 0 Å². The van der Waals surface area contributed by atoms with Gasteiger partial charge in [-0.2, -0.15) is 4.31 Å². The summed E-state index contributed by atoms with van der Waals surface area (Å²) in [5.74, 6) is -1.17. The number of methoxy groups -OCH3 is 1. The molecule has 1 amide bonds. The molecular formula is C27H30N2O5S. The van der Waals surface area contributed by atoms with E-state index < -0.39 is 28.4 Å². The van der Waals surface area contributed by atoms with Crippen LogP contribution in [0.4, 0.5) is 5.69 Å². The maximum absolute atomic E-state index is 13.8. The first-order chi connectivity index (χ1) is 16.5. The lowest BCUT2D eigenvalue weighted by Gasteiger charge is -2.24. The van der Waals surface area contributed by atoms with E-state index in [1.54, 1.807) is 32.0 Å². The minimum absolute atomic E-state index is 0.0153. The van der Waals surface area contributed by atoms with Crippen molar-refractivity contribution in [3.05, 3.63) is 94.0 Å². The molecule has 7 nitrogen and oxygen atoms in total. The smallest absolute Gasteiger partial charge is 0.339 e. The fourth-order valence-corrected chi connectivity index (χ4v) is 5.85. The van der Waals surface area contributed by atoms with Crippen molar-refractivity contribution in [2.75, 3.05) is 19.0 Å². The molecule has 3 rings (SSSR count). The number of aryl methyl sites for hydroxylation is 4. The molecule has 0 aliphatic rings. The van der Waals surface area contributed by atoms with Gasteiger partial charge in [0.15, 0.2) is 0 Å².